The third-order valence-electron chi connectivity index (χ3n) is 5.53. The molecule has 3 N–H and O–H groups in total. The molecule has 5 nitrogen and oxygen atoms in total. The number of hydrogen-bond acceptors (Lipinski definition) is 4. The molecule has 162 valence electrons. The van der Waals surface area contributed by atoms with Gasteiger partial charge in [0, 0.05) is 18.6 Å². The summed E-state index contributed by atoms with van der Waals surface area (Å²) in [5, 5.41) is 3.05. The monoisotopic (exact) mass is 433 g/mol. The van der Waals surface area contributed by atoms with Crippen LogP contribution in [0.1, 0.15) is 52.0 Å². The van der Waals surface area contributed by atoms with E-state index in [1.165, 1.54) is 0 Å². The van der Waals surface area contributed by atoms with Crippen molar-refractivity contribution in [1.29, 1.82) is 0 Å². The van der Waals surface area contributed by atoms with E-state index in [1.807, 2.05) is 31.2 Å². The zero-order chi connectivity index (χ0) is 19.0. The van der Waals surface area contributed by atoms with E-state index < -0.39 is 0 Å². The lowest BCUT2D eigenvalue weighted by atomic mass is 9.74. The quantitative estimate of drug-likeness (QED) is 0.621. The number of hydrogen-bond donors (Lipinski definition) is 2. The van der Waals surface area contributed by atoms with Gasteiger partial charge >= 0.3 is 0 Å². The van der Waals surface area contributed by atoms with Crippen LogP contribution in [0.25, 0.3) is 0 Å². The molecule has 0 heterocycles. The second-order valence-electron chi connectivity index (χ2n) is 7.54. The number of carbonyl (C=O) groups is 1. The highest BCUT2D eigenvalue weighted by molar-refractivity contribution is 5.85. The van der Waals surface area contributed by atoms with Gasteiger partial charge in [0.05, 0.1) is 5.92 Å². The highest BCUT2D eigenvalue weighted by Crippen LogP contribution is 2.31. The van der Waals surface area contributed by atoms with Crippen molar-refractivity contribution in [3.05, 3.63) is 29.8 Å². The number of benzene rings is 1. The Hall–Kier alpha value is -1.01. The van der Waals surface area contributed by atoms with Crippen LogP contribution < -0.4 is 15.8 Å². The SMILES string of the molecule is CCN(CC)CCOc1ccc(CNC(=O)C2CCCCC2(C)N)cc1.Cl.Cl. The van der Waals surface area contributed by atoms with Crippen LogP contribution in [-0.4, -0.2) is 42.6 Å². The number of rotatable bonds is 9. The van der Waals surface area contributed by atoms with Crippen LogP contribution in [0.2, 0.25) is 0 Å². The van der Waals surface area contributed by atoms with E-state index in [1.54, 1.807) is 0 Å². The van der Waals surface area contributed by atoms with Gasteiger partial charge in [-0.2, -0.15) is 0 Å². The normalized spacial score (nSPS) is 21.4. The smallest absolute Gasteiger partial charge is 0.225 e. The number of nitrogens with one attached hydrogen (secondary N) is 1. The molecule has 1 amide bonds. The third-order valence-corrected chi connectivity index (χ3v) is 5.53. The summed E-state index contributed by atoms with van der Waals surface area (Å²) in [5.74, 6) is 0.863. The zero-order valence-corrected chi connectivity index (χ0v) is 19.0. The Kier molecular flexibility index (Phi) is 12.8. The number of nitrogens with two attached hydrogens (primary N) is 1. The first-order chi connectivity index (χ1) is 12.5. The topological polar surface area (TPSA) is 67.6 Å². The molecular weight excluding hydrogens is 397 g/mol. The maximum atomic E-state index is 12.5. The summed E-state index contributed by atoms with van der Waals surface area (Å²) in [6.07, 6.45) is 4.01. The van der Waals surface area contributed by atoms with Gasteiger partial charge in [0.2, 0.25) is 5.91 Å². The zero-order valence-electron chi connectivity index (χ0n) is 17.4. The Morgan fingerprint density at radius 1 is 1.21 bits per heavy atom. The minimum atomic E-state index is -0.384. The molecular formula is C21H37Cl2N3O2. The van der Waals surface area contributed by atoms with Gasteiger partial charge in [0.1, 0.15) is 12.4 Å². The highest BCUT2D eigenvalue weighted by Gasteiger charge is 2.37. The van der Waals surface area contributed by atoms with Crippen LogP contribution in [0.4, 0.5) is 0 Å². The van der Waals surface area contributed by atoms with Crippen LogP contribution in [0.3, 0.4) is 0 Å². The Bertz CT molecular complexity index is 563. The second-order valence-corrected chi connectivity index (χ2v) is 7.54. The molecule has 1 fully saturated rings. The largest absolute Gasteiger partial charge is 0.492 e. The lowest BCUT2D eigenvalue weighted by Gasteiger charge is -2.37. The van der Waals surface area contributed by atoms with Crippen LogP contribution in [-0.2, 0) is 11.3 Å². The number of carbonyl (C=O) groups excluding carboxylic acids is 1. The first-order valence-electron chi connectivity index (χ1n) is 9.97. The van der Waals surface area contributed by atoms with Crippen molar-refractivity contribution in [2.75, 3.05) is 26.2 Å². The summed E-state index contributed by atoms with van der Waals surface area (Å²) in [6.45, 7) is 10.6. The lowest BCUT2D eigenvalue weighted by Crippen LogP contribution is -2.52. The number of likely N-dealkylation sites (N-methyl/N-ethyl adjacent to an activating group) is 1. The molecule has 1 aromatic rings. The Morgan fingerprint density at radius 3 is 2.43 bits per heavy atom. The summed E-state index contributed by atoms with van der Waals surface area (Å²) in [6, 6.07) is 7.96. The van der Waals surface area contributed by atoms with Gasteiger partial charge in [-0.25, -0.2) is 0 Å². The fourth-order valence-electron chi connectivity index (χ4n) is 3.64. The van der Waals surface area contributed by atoms with Gasteiger partial charge in [0.15, 0.2) is 0 Å². The Balaban J connectivity index is 0.00000364. The van der Waals surface area contributed by atoms with Crippen molar-refractivity contribution in [3.8, 4) is 5.75 Å². The number of ether oxygens (including phenoxy) is 1. The van der Waals surface area contributed by atoms with Gasteiger partial charge in [-0.3, -0.25) is 4.79 Å². The lowest BCUT2D eigenvalue weighted by molar-refractivity contribution is -0.128. The molecule has 2 rings (SSSR count). The molecule has 0 saturated heterocycles. The van der Waals surface area contributed by atoms with E-state index in [-0.39, 0.29) is 42.2 Å². The van der Waals surface area contributed by atoms with E-state index in [9.17, 15) is 4.79 Å². The second kappa shape index (κ2) is 13.3. The summed E-state index contributed by atoms with van der Waals surface area (Å²) in [7, 11) is 0. The fourth-order valence-corrected chi connectivity index (χ4v) is 3.64. The van der Waals surface area contributed by atoms with Crippen molar-refractivity contribution in [3.63, 3.8) is 0 Å². The number of nitrogens with zero attached hydrogens (tertiary/aromatic N) is 1. The minimum absolute atomic E-state index is 0. The van der Waals surface area contributed by atoms with Gasteiger partial charge < -0.3 is 20.7 Å². The van der Waals surface area contributed by atoms with Gasteiger partial charge in [-0.05, 0) is 50.6 Å². The maximum Gasteiger partial charge on any atom is 0.225 e. The molecule has 0 radical (unpaired) electrons. The van der Waals surface area contributed by atoms with Crippen LogP contribution >= 0.6 is 24.8 Å². The first-order valence-corrected chi connectivity index (χ1v) is 9.97. The standard InChI is InChI=1S/C21H35N3O2.2ClH/c1-4-24(5-2)14-15-26-18-11-9-17(10-12-18)16-23-20(25)19-8-6-7-13-21(19,3)22;;/h9-12,19H,4-8,13-16,22H2,1-3H3,(H,23,25);2*1H. The molecule has 28 heavy (non-hydrogen) atoms. The van der Waals surface area contributed by atoms with Gasteiger partial charge in [-0.1, -0.05) is 38.8 Å². The van der Waals surface area contributed by atoms with Gasteiger partial charge in [0.25, 0.3) is 0 Å². The first kappa shape index (κ1) is 27.0. The third kappa shape index (κ3) is 8.16. The summed E-state index contributed by atoms with van der Waals surface area (Å²) in [5.41, 5.74) is 7.01. The predicted octanol–water partition coefficient (Wildman–Crippen LogP) is 3.77. The average Bonchev–Trinajstić information content (AvgIpc) is 2.64. The van der Waals surface area contributed by atoms with Crippen LogP contribution in [0, 0.1) is 5.92 Å². The van der Waals surface area contributed by atoms with Crippen molar-refractivity contribution in [1.82, 2.24) is 10.2 Å². The number of halogens is 2. The van der Waals surface area contributed by atoms with Crippen molar-refractivity contribution in [2.45, 2.75) is 58.5 Å². The molecule has 1 saturated carbocycles. The molecule has 1 aliphatic carbocycles. The van der Waals surface area contributed by atoms with Crippen LogP contribution in [0.15, 0.2) is 24.3 Å². The molecule has 0 bridgehead atoms. The summed E-state index contributed by atoms with van der Waals surface area (Å²) in [4.78, 5) is 14.8. The molecule has 1 aliphatic rings. The van der Waals surface area contributed by atoms with Crippen molar-refractivity contribution >= 4 is 30.7 Å². The van der Waals surface area contributed by atoms with Crippen molar-refractivity contribution in [2.24, 2.45) is 11.7 Å². The molecule has 0 aromatic heterocycles. The number of amides is 1. The summed E-state index contributed by atoms with van der Waals surface area (Å²) >= 11 is 0. The van der Waals surface area contributed by atoms with Gasteiger partial charge in [-0.15, -0.1) is 24.8 Å². The van der Waals surface area contributed by atoms with E-state index in [0.717, 1.165) is 56.6 Å². The van der Waals surface area contributed by atoms with E-state index in [2.05, 4.69) is 24.1 Å². The highest BCUT2D eigenvalue weighted by atomic mass is 35.5. The Morgan fingerprint density at radius 2 is 1.86 bits per heavy atom. The average molecular weight is 434 g/mol. The maximum absolute atomic E-state index is 12.5. The molecule has 0 spiro atoms. The Labute approximate surface area is 182 Å². The van der Waals surface area contributed by atoms with E-state index in [0.29, 0.717) is 13.2 Å². The van der Waals surface area contributed by atoms with Crippen molar-refractivity contribution < 1.29 is 9.53 Å². The minimum Gasteiger partial charge on any atom is -0.492 e. The molecule has 0 aliphatic heterocycles. The van der Waals surface area contributed by atoms with E-state index in [4.69, 9.17) is 10.5 Å². The molecule has 2 unspecified atom stereocenters. The van der Waals surface area contributed by atoms with Crippen LogP contribution in [0.5, 0.6) is 5.75 Å². The predicted molar refractivity (Wildman–Crippen MR) is 121 cm³/mol. The molecule has 7 heteroatoms. The molecule has 2 atom stereocenters. The fraction of sp³-hybridized carbons (Fsp3) is 0.667. The molecule has 1 aromatic carbocycles. The summed E-state index contributed by atoms with van der Waals surface area (Å²) < 4.78 is 5.80. The van der Waals surface area contributed by atoms with E-state index >= 15 is 0 Å².